The summed E-state index contributed by atoms with van der Waals surface area (Å²) in [5.74, 6) is 6.82. The number of aliphatic hydroxyl groups excluding tert-OH is 1. The maximum absolute atomic E-state index is 8.68. The highest BCUT2D eigenvalue weighted by molar-refractivity contribution is 5.44. The third-order valence-corrected chi connectivity index (χ3v) is 2.56. The smallest absolute Gasteiger partial charge is 0.119 e. The molecule has 0 unspecified atom stereocenters. The first-order chi connectivity index (χ1) is 9.27. The maximum atomic E-state index is 8.68. The largest absolute Gasteiger partial charge is 0.493 e. The Balaban J connectivity index is 2.46. The van der Waals surface area contributed by atoms with Crippen LogP contribution in [0.5, 0.6) is 5.75 Å². The van der Waals surface area contributed by atoms with Gasteiger partial charge in [0.05, 0.1) is 13.2 Å². The molecule has 0 fully saturated rings. The van der Waals surface area contributed by atoms with Gasteiger partial charge in [-0.15, -0.1) is 0 Å². The van der Waals surface area contributed by atoms with Crippen LogP contribution in [0.15, 0.2) is 18.2 Å². The summed E-state index contributed by atoms with van der Waals surface area (Å²) in [7, 11) is 0. The van der Waals surface area contributed by atoms with Crippen LogP contribution in [-0.4, -0.2) is 31.5 Å². The number of hydrogen-bond acceptors (Lipinski definition) is 3. The zero-order valence-corrected chi connectivity index (χ0v) is 11.7. The van der Waals surface area contributed by atoms with Crippen LogP contribution in [0, 0.1) is 18.8 Å². The summed E-state index contributed by atoms with van der Waals surface area (Å²) >= 11 is 0. The molecule has 19 heavy (non-hydrogen) atoms. The molecule has 1 aromatic rings. The molecule has 0 aromatic heterocycles. The van der Waals surface area contributed by atoms with Crippen LogP contribution in [0.1, 0.15) is 30.9 Å². The highest BCUT2D eigenvalue weighted by Gasteiger charge is 1.99. The summed E-state index contributed by atoms with van der Waals surface area (Å²) in [5, 5.41) is 8.68. The lowest BCUT2D eigenvalue weighted by Crippen LogP contribution is -2.03. The summed E-state index contributed by atoms with van der Waals surface area (Å²) in [6.45, 7) is 6.25. The van der Waals surface area contributed by atoms with Crippen LogP contribution in [0.4, 0.5) is 0 Å². The first-order valence-electron chi connectivity index (χ1n) is 6.69. The van der Waals surface area contributed by atoms with Crippen LogP contribution in [0.3, 0.4) is 0 Å². The monoisotopic (exact) mass is 262 g/mol. The van der Waals surface area contributed by atoms with E-state index in [0.717, 1.165) is 36.5 Å². The Hall–Kier alpha value is -1.50. The number of ether oxygens (including phenoxy) is 2. The number of aliphatic hydroxyl groups is 1. The van der Waals surface area contributed by atoms with Gasteiger partial charge in [0, 0.05) is 31.6 Å². The molecule has 0 aliphatic rings. The van der Waals surface area contributed by atoms with Crippen LogP contribution >= 0.6 is 0 Å². The minimum atomic E-state index is 0.104. The molecule has 0 atom stereocenters. The molecule has 0 bridgehead atoms. The van der Waals surface area contributed by atoms with E-state index in [1.54, 1.807) is 0 Å². The van der Waals surface area contributed by atoms with Crippen molar-refractivity contribution < 1.29 is 14.6 Å². The van der Waals surface area contributed by atoms with Crippen LogP contribution in [0.2, 0.25) is 0 Å². The van der Waals surface area contributed by atoms with E-state index in [4.69, 9.17) is 14.6 Å². The Morgan fingerprint density at radius 3 is 2.79 bits per heavy atom. The van der Waals surface area contributed by atoms with Gasteiger partial charge in [-0.2, -0.15) is 0 Å². The fourth-order valence-corrected chi connectivity index (χ4v) is 1.58. The van der Waals surface area contributed by atoms with Crippen LogP contribution in [-0.2, 0) is 4.74 Å². The summed E-state index contributed by atoms with van der Waals surface area (Å²) in [6, 6.07) is 5.87. The second kappa shape index (κ2) is 9.43. The molecular weight excluding hydrogens is 240 g/mol. The quantitative estimate of drug-likeness (QED) is 0.606. The van der Waals surface area contributed by atoms with Crippen molar-refractivity contribution >= 4 is 0 Å². The topological polar surface area (TPSA) is 38.7 Å². The lowest BCUT2D eigenvalue weighted by molar-refractivity contribution is 0.131. The zero-order valence-electron chi connectivity index (χ0n) is 11.7. The Morgan fingerprint density at radius 2 is 2.11 bits per heavy atom. The number of rotatable bonds is 7. The molecule has 1 rings (SSSR count). The van der Waals surface area contributed by atoms with Gasteiger partial charge >= 0.3 is 0 Å². The second-order valence-electron chi connectivity index (χ2n) is 4.15. The van der Waals surface area contributed by atoms with E-state index >= 15 is 0 Å². The minimum absolute atomic E-state index is 0.104. The standard InChI is InChI=1S/C16H22O3/c1-3-18-11-6-12-19-16-9-8-15(14(2)13-16)7-4-5-10-17/h8-9,13,17H,3,5-6,10-12H2,1-2H3. The maximum Gasteiger partial charge on any atom is 0.119 e. The first-order valence-corrected chi connectivity index (χ1v) is 6.69. The van der Waals surface area contributed by atoms with Gasteiger partial charge < -0.3 is 14.6 Å². The first kappa shape index (κ1) is 15.6. The van der Waals surface area contributed by atoms with E-state index in [-0.39, 0.29) is 6.61 Å². The van der Waals surface area contributed by atoms with E-state index in [1.165, 1.54) is 0 Å². The molecule has 0 saturated heterocycles. The molecule has 0 aliphatic carbocycles. The molecule has 0 saturated carbocycles. The van der Waals surface area contributed by atoms with Crippen molar-refractivity contribution in [3.63, 3.8) is 0 Å². The molecule has 0 radical (unpaired) electrons. The Kier molecular flexibility index (Phi) is 7.72. The molecule has 1 aromatic carbocycles. The minimum Gasteiger partial charge on any atom is -0.493 e. The lowest BCUT2D eigenvalue weighted by atomic mass is 10.1. The predicted molar refractivity (Wildman–Crippen MR) is 76.4 cm³/mol. The van der Waals surface area contributed by atoms with E-state index < -0.39 is 0 Å². The van der Waals surface area contributed by atoms with Gasteiger partial charge in [-0.3, -0.25) is 0 Å². The summed E-state index contributed by atoms with van der Waals surface area (Å²) < 4.78 is 10.9. The average molecular weight is 262 g/mol. The Labute approximate surface area is 115 Å². The average Bonchev–Trinajstić information content (AvgIpc) is 2.41. The van der Waals surface area contributed by atoms with Gasteiger partial charge in [-0.05, 0) is 37.6 Å². The third-order valence-electron chi connectivity index (χ3n) is 2.56. The number of hydrogen-bond donors (Lipinski definition) is 1. The fraction of sp³-hybridized carbons (Fsp3) is 0.500. The van der Waals surface area contributed by atoms with E-state index in [0.29, 0.717) is 13.0 Å². The fourth-order valence-electron chi connectivity index (χ4n) is 1.58. The van der Waals surface area contributed by atoms with Gasteiger partial charge in [0.2, 0.25) is 0 Å². The van der Waals surface area contributed by atoms with Gasteiger partial charge in [0.1, 0.15) is 5.75 Å². The molecule has 0 aliphatic heterocycles. The van der Waals surface area contributed by atoms with Crippen molar-refractivity contribution in [3.05, 3.63) is 29.3 Å². The van der Waals surface area contributed by atoms with E-state index in [9.17, 15) is 0 Å². The molecular formula is C16H22O3. The van der Waals surface area contributed by atoms with Crippen molar-refractivity contribution in [2.75, 3.05) is 26.4 Å². The number of aryl methyl sites for hydroxylation is 1. The van der Waals surface area contributed by atoms with E-state index in [2.05, 4.69) is 11.8 Å². The van der Waals surface area contributed by atoms with Crippen LogP contribution in [0.25, 0.3) is 0 Å². The van der Waals surface area contributed by atoms with Crippen molar-refractivity contribution in [1.82, 2.24) is 0 Å². The number of benzene rings is 1. The highest BCUT2D eigenvalue weighted by Crippen LogP contribution is 2.16. The summed E-state index contributed by atoms with van der Waals surface area (Å²) in [5.41, 5.74) is 2.07. The van der Waals surface area contributed by atoms with Crippen molar-refractivity contribution in [2.45, 2.75) is 26.7 Å². The SMILES string of the molecule is CCOCCCOc1ccc(C#CCCO)c(C)c1. The highest BCUT2D eigenvalue weighted by atomic mass is 16.5. The van der Waals surface area contributed by atoms with E-state index in [1.807, 2.05) is 32.0 Å². The summed E-state index contributed by atoms with van der Waals surface area (Å²) in [6.07, 6.45) is 1.40. The lowest BCUT2D eigenvalue weighted by Gasteiger charge is -2.08. The predicted octanol–water partition coefficient (Wildman–Crippen LogP) is 2.53. The summed E-state index contributed by atoms with van der Waals surface area (Å²) in [4.78, 5) is 0. The molecule has 0 spiro atoms. The van der Waals surface area contributed by atoms with Crippen LogP contribution < -0.4 is 4.74 Å². The van der Waals surface area contributed by atoms with Gasteiger partial charge in [-0.25, -0.2) is 0 Å². The molecule has 0 amide bonds. The normalized spacial score (nSPS) is 9.84. The van der Waals surface area contributed by atoms with Crippen molar-refractivity contribution in [3.8, 4) is 17.6 Å². The molecule has 104 valence electrons. The van der Waals surface area contributed by atoms with Crippen molar-refractivity contribution in [2.24, 2.45) is 0 Å². The van der Waals surface area contributed by atoms with Crippen molar-refractivity contribution in [1.29, 1.82) is 0 Å². The molecule has 0 heterocycles. The Bertz CT molecular complexity index is 429. The molecule has 1 N–H and O–H groups in total. The Morgan fingerprint density at radius 1 is 1.26 bits per heavy atom. The van der Waals surface area contributed by atoms with Gasteiger partial charge in [0.25, 0.3) is 0 Å². The molecule has 3 nitrogen and oxygen atoms in total. The second-order valence-corrected chi connectivity index (χ2v) is 4.15. The third kappa shape index (κ3) is 6.28. The van der Waals surface area contributed by atoms with Gasteiger partial charge in [-0.1, -0.05) is 11.8 Å². The van der Waals surface area contributed by atoms with Gasteiger partial charge in [0.15, 0.2) is 0 Å². The molecule has 3 heteroatoms. The zero-order chi connectivity index (χ0) is 13.9.